The van der Waals surface area contributed by atoms with E-state index in [9.17, 15) is 5.11 Å². The molecule has 2 N–H and O–H groups in total. The number of aryl methyl sites for hydroxylation is 2. The molecule has 1 unspecified atom stereocenters. The molecule has 3 nitrogen and oxygen atoms in total. The number of phenolic OH excluding ortho intramolecular Hbond substituents is 1. The summed E-state index contributed by atoms with van der Waals surface area (Å²) in [5.41, 5.74) is 4.10. The Morgan fingerprint density at radius 1 is 1.21 bits per heavy atom. The van der Waals surface area contributed by atoms with E-state index in [1.165, 1.54) is 0 Å². The second-order valence-corrected chi connectivity index (χ2v) is 4.94. The van der Waals surface area contributed by atoms with E-state index in [1.54, 1.807) is 6.07 Å². The van der Waals surface area contributed by atoms with Crippen LogP contribution in [0.2, 0.25) is 0 Å². The van der Waals surface area contributed by atoms with Crippen LogP contribution in [0.3, 0.4) is 0 Å². The number of nitrogens with one attached hydrogen (secondary N) is 1. The smallest absolute Gasteiger partial charge is 0.120 e. The Bertz CT molecular complexity index is 566. The molecule has 1 aromatic heterocycles. The van der Waals surface area contributed by atoms with Crippen LogP contribution in [0.25, 0.3) is 0 Å². The molecule has 2 aromatic rings. The Labute approximate surface area is 114 Å². The molecule has 0 fully saturated rings. The van der Waals surface area contributed by atoms with Gasteiger partial charge in [0.25, 0.3) is 0 Å². The molecule has 0 aliphatic rings. The van der Waals surface area contributed by atoms with Gasteiger partial charge in [0.05, 0.1) is 5.69 Å². The molecule has 0 saturated heterocycles. The fourth-order valence-corrected chi connectivity index (χ4v) is 2.09. The lowest BCUT2D eigenvalue weighted by Crippen LogP contribution is -2.19. The Balaban J connectivity index is 2.05. The van der Waals surface area contributed by atoms with Crippen LogP contribution in [-0.2, 0) is 6.54 Å². The van der Waals surface area contributed by atoms with Crippen molar-refractivity contribution in [2.45, 2.75) is 33.4 Å². The first kappa shape index (κ1) is 13.6. The molecule has 100 valence electrons. The third-order valence-electron chi connectivity index (χ3n) is 3.18. The number of aromatic hydroxyl groups is 1. The maximum Gasteiger partial charge on any atom is 0.120 e. The molecule has 0 spiro atoms. The number of pyridine rings is 1. The van der Waals surface area contributed by atoms with E-state index >= 15 is 0 Å². The number of benzene rings is 1. The van der Waals surface area contributed by atoms with Gasteiger partial charge in [0, 0.05) is 23.8 Å². The Kier molecular flexibility index (Phi) is 4.17. The van der Waals surface area contributed by atoms with E-state index in [0.29, 0.717) is 12.3 Å². The van der Waals surface area contributed by atoms with Gasteiger partial charge in [-0.3, -0.25) is 4.98 Å². The third-order valence-corrected chi connectivity index (χ3v) is 3.18. The number of hydrogen-bond acceptors (Lipinski definition) is 3. The predicted octanol–water partition coefficient (Wildman–Crippen LogP) is 3.25. The van der Waals surface area contributed by atoms with Crippen LogP contribution in [0, 0.1) is 13.8 Å². The van der Waals surface area contributed by atoms with Gasteiger partial charge in [-0.2, -0.15) is 0 Å². The quantitative estimate of drug-likeness (QED) is 0.882. The monoisotopic (exact) mass is 256 g/mol. The van der Waals surface area contributed by atoms with Crippen molar-refractivity contribution in [3.8, 4) is 5.75 Å². The van der Waals surface area contributed by atoms with Crippen molar-refractivity contribution < 1.29 is 5.11 Å². The summed E-state index contributed by atoms with van der Waals surface area (Å²) >= 11 is 0. The maximum atomic E-state index is 9.89. The average molecular weight is 256 g/mol. The van der Waals surface area contributed by atoms with E-state index in [-0.39, 0.29) is 6.04 Å². The Morgan fingerprint density at radius 2 is 2.00 bits per heavy atom. The van der Waals surface area contributed by atoms with Gasteiger partial charge in [0.15, 0.2) is 0 Å². The van der Waals surface area contributed by atoms with Crippen LogP contribution in [0.4, 0.5) is 0 Å². The highest BCUT2D eigenvalue weighted by molar-refractivity contribution is 5.37. The largest absolute Gasteiger partial charge is 0.508 e. The van der Waals surface area contributed by atoms with E-state index in [1.807, 2.05) is 51.1 Å². The number of aromatic nitrogens is 1. The van der Waals surface area contributed by atoms with Crippen LogP contribution >= 0.6 is 0 Å². The lowest BCUT2D eigenvalue weighted by molar-refractivity contribution is 0.451. The summed E-state index contributed by atoms with van der Waals surface area (Å²) in [5.74, 6) is 0.336. The summed E-state index contributed by atoms with van der Waals surface area (Å²) < 4.78 is 0. The molecule has 2 rings (SSSR count). The van der Waals surface area contributed by atoms with Gasteiger partial charge in [0.2, 0.25) is 0 Å². The van der Waals surface area contributed by atoms with Crippen molar-refractivity contribution in [2.24, 2.45) is 0 Å². The number of nitrogens with zero attached hydrogens (tertiary/aromatic N) is 1. The number of hydrogen-bond donors (Lipinski definition) is 2. The van der Waals surface area contributed by atoms with Crippen molar-refractivity contribution in [3.05, 3.63) is 58.9 Å². The minimum atomic E-state index is 0.0854. The molecule has 0 amide bonds. The lowest BCUT2D eigenvalue weighted by Gasteiger charge is -2.16. The summed E-state index contributed by atoms with van der Waals surface area (Å²) in [6.07, 6.45) is 0. The second kappa shape index (κ2) is 5.85. The van der Waals surface area contributed by atoms with Gasteiger partial charge >= 0.3 is 0 Å². The zero-order chi connectivity index (χ0) is 13.8. The molecule has 0 saturated carbocycles. The van der Waals surface area contributed by atoms with Crippen LogP contribution in [-0.4, -0.2) is 10.1 Å². The SMILES string of the molecule is Cc1ccc(O)c(C(C)NCc2cccc(C)n2)c1. The van der Waals surface area contributed by atoms with E-state index < -0.39 is 0 Å². The molecule has 1 aromatic carbocycles. The van der Waals surface area contributed by atoms with Crippen molar-refractivity contribution in [1.82, 2.24) is 10.3 Å². The molecule has 0 aliphatic heterocycles. The molecule has 19 heavy (non-hydrogen) atoms. The van der Waals surface area contributed by atoms with E-state index in [0.717, 1.165) is 22.5 Å². The first-order valence-electron chi connectivity index (χ1n) is 6.51. The van der Waals surface area contributed by atoms with Gasteiger partial charge in [-0.25, -0.2) is 0 Å². The molecule has 1 atom stereocenters. The third kappa shape index (κ3) is 3.55. The topological polar surface area (TPSA) is 45.1 Å². The average Bonchev–Trinajstić information content (AvgIpc) is 2.39. The highest BCUT2D eigenvalue weighted by Crippen LogP contribution is 2.25. The highest BCUT2D eigenvalue weighted by atomic mass is 16.3. The summed E-state index contributed by atoms with van der Waals surface area (Å²) in [4.78, 5) is 4.45. The van der Waals surface area contributed by atoms with Gasteiger partial charge in [-0.15, -0.1) is 0 Å². The minimum absolute atomic E-state index is 0.0854. The van der Waals surface area contributed by atoms with Crippen molar-refractivity contribution in [3.63, 3.8) is 0 Å². The summed E-state index contributed by atoms with van der Waals surface area (Å²) in [5, 5.41) is 13.3. The number of rotatable bonds is 4. The standard InChI is InChI=1S/C16H20N2O/c1-11-7-8-16(19)15(9-11)13(3)17-10-14-6-4-5-12(2)18-14/h4-9,13,17,19H,10H2,1-3H3. The van der Waals surface area contributed by atoms with Crippen molar-refractivity contribution >= 4 is 0 Å². The Hall–Kier alpha value is -1.87. The van der Waals surface area contributed by atoms with E-state index in [4.69, 9.17) is 0 Å². The van der Waals surface area contributed by atoms with Gasteiger partial charge in [-0.1, -0.05) is 23.8 Å². The summed E-state index contributed by atoms with van der Waals surface area (Å²) in [6, 6.07) is 11.7. The molecule has 1 heterocycles. The number of phenols is 1. The van der Waals surface area contributed by atoms with Crippen molar-refractivity contribution in [2.75, 3.05) is 0 Å². The Morgan fingerprint density at radius 3 is 2.74 bits per heavy atom. The van der Waals surface area contributed by atoms with Crippen LogP contribution in [0.5, 0.6) is 5.75 Å². The van der Waals surface area contributed by atoms with Crippen LogP contribution in [0.1, 0.15) is 35.5 Å². The molecule has 0 radical (unpaired) electrons. The summed E-state index contributed by atoms with van der Waals surface area (Å²) in [7, 11) is 0. The first-order chi connectivity index (χ1) is 9.06. The van der Waals surface area contributed by atoms with Crippen LogP contribution in [0.15, 0.2) is 36.4 Å². The van der Waals surface area contributed by atoms with Crippen molar-refractivity contribution in [1.29, 1.82) is 0 Å². The van der Waals surface area contributed by atoms with Gasteiger partial charge in [-0.05, 0) is 39.0 Å². The lowest BCUT2D eigenvalue weighted by atomic mass is 10.0. The zero-order valence-corrected chi connectivity index (χ0v) is 11.6. The normalized spacial score (nSPS) is 12.4. The second-order valence-electron chi connectivity index (χ2n) is 4.94. The zero-order valence-electron chi connectivity index (χ0n) is 11.6. The molecule has 0 bridgehead atoms. The highest BCUT2D eigenvalue weighted by Gasteiger charge is 2.10. The fraction of sp³-hybridized carbons (Fsp3) is 0.312. The molecule has 3 heteroatoms. The van der Waals surface area contributed by atoms with E-state index in [2.05, 4.69) is 10.3 Å². The molecule has 0 aliphatic carbocycles. The van der Waals surface area contributed by atoms with Gasteiger partial charge in [0.1, 0.15) is 5.75 Å². The van der Waals surface area contributed by atoms with Gasteiger partial charge < -0.3 is 10.4 Å². The maximum absolute atomic E-state index is 9.89. The predicted molar refractivity (Wildman–Crippen MR) is 77.1 cm³/mol. The van der Waals surface area contributed by atoms with Crippen LogP contribution < -0.4 is 5.32 Å². The summed E-state index contributed by atoms with van der Waals surface area (Å²) in [6.45, 7) is 6.75. The minimum Gasteiger partial charge on any atom is -0.508 e. The molecular weight excluding hydrogens is 236 g/mol. The first-order valence-corrected chi connectivity index (χ1v) is 6.51. The molecular formula is C16H20N2O. The fourth-order valence-electron chi connectivity index (χ4n) is 2.09.